The second-order valence-corrected chi connectivity index (χ2v) is 7.76. The van der Waals surface area contributed by atoms with E-state index < -0.39 is 11.7 Å². The van der Waals surface area contributed by atoms with Crippen molar-refractivity contribution < 1.29 is 14.3 Å². The van der Waals surface area contributed by atoms with Crippen LogP contribution in [0.3, 0.4) is 0 Å². The van der Waals surface area contributed by atoms with Crippen LogP contribution in [0.1, 0.15) is 39.6 Å². The van der Waals surface area contributed by atoms with Crippen LogP contribution in [-0.2, 0) is 9.47 Å². The number of rotatable bonds is 1. The highest BCUT2D eigenvalue weighted by Crippen LogP contribution is 2.29. The summed E-state index contributed by atoms with van der Waals surface area (Å²) in [5.41, 5.74) is 0.0304. The molecule has 0 spiro atoms. The van der Waals surface area contributed by atoms with Crippen LogP contribution in [-0.4, -0.2) is 50.2 Å². The molecule has 1 fully saturated rings. The second-order valence-electron chi connectivity index (χ2n) is 7.01. The molecule has 0 unspecified atom stereocenters. The first-order chi connectivity index (χ1) is 11.7. The number of carbonyl (C=O) groups excluding carboxylic acids is 1. The van der Waals surface area contributed by atoms with Gasteiger partial charge in [0.1, 0.15) is 28.2 Å². The normalized spacial score (nSPS) is 21.6. The fourth-order valence-corrected chi connectivity index (χ4v) is 3.09. The summed E-state index contributed by atoms with van der Waals surface area (Å²) in [5, 5.41) is 0.675. The van der Waals surface area contributed by atoms with Crippen molar-refractivity contribution in [1.29, 1.82) is 0 Å². The van der Waals surface area contributed by atoms with E-state index in [9.17, 15) is 4.79 Å². The van der Waals surface area contributed by atoms with Gasteiger partial charge in [0, 0.05) is 0 Å². The van der Waals surface area contributed by atoms with Gasteiger partial charge in [-0.1, -0.05) is 23.2 Å². The van der Waals surface area contributed by atoms with Gasteiger partial charge in [-0.25, -0.2) is 14.8 Å². The number of imidazole rings is 1. The monoisotopic (exact) mass is 386 g/mol. The van der Waals surface area contributed by atoms with Gasteiger partial charge in [0.25, 0.3) is 0 Å². The lowest BCUT2D eigenvalue weighted by atomic mass is 10.2. The smallest absolute Gasteiger partial charge is 0.410 e. The predicted molar refractivity (Wildman–Crippen MR) is 94.1 cm³/mol. The molecule has 0 radical (unpaired) electrons. The first-order valence-corrected chi connectivity index (χ1v) is 8.71. The van der Waals surface area contributed by atoms with Gasteiger partial charge >= 0.3 is 6.09 Å². The lowest BCUT2D eigenvalue weighted by molar-refractivity contribution is -0.0698. The first-order valence-electron chi connectivity index (χ1n) is 7.96. The molecular weight excluding hydrogens is 367 g/mol. The van der Waals surface area contributed by atoms with Crippen molar-refractivity contribution >= 4 is 34.8 Å². The van der Waals surface area contributed by atoms with Gasteiger partial charge in [0.2, 0.25) is 0 Å². The molecule has 2 aromatic rings. The van der Waals surface area contributed by atoms with E-state index in [0.29, 0.717) is 34.8 Å². The largest absolute Gasteiger partial charge is 0.444 e. The van der Waals surface area contributed by atoms with Crippen LogP contribution >= 0.6 is 23.2 Å². The predicted octanol–water partition coefficient (Wildman–Crippen LogP) is 3.73. The van der Waals surface area contributed by atoms with Crippen molar-refractivity contribution in [2.24, 2.45) is 0 Å². The zero-order valence-electron chi connectivity index (χ0n) is 14.5. The van der Waals surface area contributed by atoms with Crippen LogP contribution in [0.15, 0.2) is 12.4 Å². The van der Waals surface area contributed by atoms with E-state index in [1.807, 2.05) is 27.7 Å². The molecule has 2 atom stereocenters. The van der Waals surface area contributed by atoms with Crippen LogP contribution in [0.5, 0.6) is 0 Å². The lowest BCUT2D eigenvalue weighted by Crippen LogP contribution is -2.50. The zero-order chi connectivity index (χ0) is 18.4. The second kappa shape index (κ2) is 6.63. The molecule has 1 saturated heterocycles. The average molecular weight is 387 g/mol. The topological polar surface area (TPSA) is 69.0 Å². The molecule has 1 amide bonds. The minimum atomic E-state index is -0.562. The summed E-state index contributed by atoms with van der Waals surface area (Å²) in [5.74, 6) is 0.574. The van der Waals surface area contributed by atoms with Crippen LogP contribution in [0.4, 0.5) is 4.79 Å². The number of hydrogen-bond acceptors (Lipinski definition) is 5. The van der Waals surface area contributed by atoms with E-state index in [1.165, 1.54) is 6.20 Å². The molecular formula is C16H20Cl2N4O3. The van der Waals surface area contributed by atoms with Gasteiger partial charge in [-0.05, 0) is 27.7 Å². The van der Waals surface area contributed by atoms with Crippen LogP contribution in [0.25, 0.3) is 5.52 Å². The molecule has 136 valence electrons. The number of morpholine rings is 1. The standard InChI is InChI=1S/C16H20Cl2N4O3/c1-9-8-24-11(7-21(9)15(23)25-16(2,3)4)14-20-5-10-13(18)19-6-12(17)22(10)14/h5-6,9,11H,7-8H2,1-4H3/t9-,11-/m0/s1. The minimum absolute atomic E-state index is 0.0990. The Morgan fingerprint density at radius 2 is 2.04 bits per heavy atom. The highest BCUT2D eigenvalue weighted by molar-refractivity contribution is 6.33. The Kier molecular flexibility index (Phi) is 4.83. The molecule has 25 heavy (non-hydrogen) atoms. The fraction of sp³-hybridized carbons (Fsp3) is 0.562. The fourth-order valence-electron chi connectivity index (χ4n) is 2.69. The first kappa shape index (κ1) is 18.2. The number of amides is 1. The van der Waals surface area contributed by atoms with E-state index in [0.717, 1.165) is 0 Å². The summed E-state index contributed by atoms with van der Waals surface area (Å²) in [7, 11) is 0. The van der Waals surface area contributed by atoms with E-state index in [2.05, 4.69) is 9.97 Å². The zero-order valence-corrected chi connectivity index (χ0v) is 16.0. The minimum Gasteiger partial charge on any atom is -0.444 e. The number of fused-ring (bicyclic) bond motifs is 1. The molecule has 0 saturated carbocycles. The number of nitrogens with zero attached hydrogens (tertiary/aromatic N) is 4. The highest BCUT2D eigenvalue weighted by Gasteiger charge is 2.35. The molecule has 9 heteroatoms. The third kappa shape index (κ3) is 3.68. The van der Waals surface area contributed by atoms with Crippen LogP contribution < -0.4 is 0 Å². The number of hydrogen-bond donors (Lipinski definition) is 0. The summed E-state index contributed by atoms with van der Waals surface area (Å²) in [6.07, 6.45) is 2.23. The molecule has 0 aliphatic carbocycles. The maximum atomic E-state index is 12.5. The van der Waals surface area contributed by atoms with Gasteiger partial charge < -0.3 is 14.4 Å². The maximum Gasteiger partial charge on any atom is 0.410 e. The average Bonchev–Trinajstić information content (AvgIpc) is 2.96. The Bertz CT molecular complexity index is 803. The Labute approximate surface area is 155 Å². The van der Waals surface area contributed by atoms with Crippen molar-refractivity contribution in [1.82, 2.24) is 19.3 Å². The molecule has 1 aliphatic rings. The molecule has 3 heterocycles. The molecule has 0 bridgehead atoms. The van der Waals surface area contributed by atoms with E-state index >= 15 is 0 Å². The number of carbonyl (C=O) groups is 1. The van der Waals surface area contributed by atoms with E-state index in [-0.39, 0.29) is 12.1 Å². The highest BCUT2D eigenvalue weighted by atomic mass is 35.5. The van der Waals surface area contributed by atoms with E-state index in [4.69, 9.17) is 32.7 Å². The van der Waals surface area contributed by atoms with Gasteiger partial charge in [-0.3, -0.25) is 4.40 Å². The summed E-state index contributed by atoms with van der Waals surface area (Å²) in [4.78, 5) is 22.5. The number of halogens is 2. The van der Waals surface area contributed by atoms with Gasteiger partial charge in [-0.2, -0.15) is 0 Å². The molecule has 2 aromatic heterocycles. The maximum absolute atomic E-state index is 12.5. The van der Waals surface area contributed by atoms with Crippen molar-refractivity contribution in [2.75, 3.05) is 13.2 Å². The lowest BCUT2D eigenvalue weighted by Gasteiger charge is -2.38. The van der Waals surface area contributed by atoms with E-state index in [1.54, 1.807) is 15.5 Å². The van der Waals surface area contributed by atoms with Gasteiger partial charge in [0.05, 0.1) is 31.6 Å². The molecule has 0 aromatic carbocycles. The third-order valence-corrected chi connectivity index (χ3v) is 4.41. The van der Waals surface area contributed by atoms with Gasteiger partial charge in [0.15, 0.2) is 5.15 Å². The summed E-state index contributed by atoms with van der Waals surface area (Å²) < 4.78 is 13.1. The Balaban J connectivity index is 1.89. The number of ether oxygens (including phenoxy) is 2. The summed E-state index contributed by atoms with van der Waals surface area (Å²) >= 11 is 12.4. The SMILES string of the molecule is C[C@H]1CO[C@H](c2ncc3c(Cl)ncc(Cl)n23)CN1C(=O)OC(C)(C)C. The van der Waals surface area contributed by atoms with Crippen LogP contribution in [0.2, 0.25) is 10.3 Å². The van der Waals surface area contributed by atoms with Crippen molar-refractivity contribution in [3.8, 4) is 0 Å². The number of aromatic nitrogens is 3. The van der Waals surface area contributed by atoms with Crippen LogP contribution in [0, 0.1) is 0 Å². The quantitative estimate of drug-likeness (QED) is 0.746. The molecule has 7 nitrogen and oxygen atoms in total. The third-order valence-electron chi connectivity index (χ3n) is 3.85. The summed E-state index contributed by atoms with van der Waals surface area (Å²) in [6, 6.07) is -0.0990. The Hall–Kier alpha value is -1.57. The van der Waals surface area contributed by atoms with Crippen molar-refractivity contribution in [3.05, 3.63) is 28.5 Å². The van der Waals surface area contributed by atoms with Crippen molar-refractivity contribution in [2.45, 2.75) is 45.4 Å². The molecule has 0 N–H and O–H groups in total. The van der Waals surface area contributed by atoms with Crippen molar-refractivity contribution in [3.63, 3.8) is 0 Å². The summed E-state index contributed by atoms with van der Waals surface area (Å²) in [6.45, 7) is 8.11. The molecule has 3 rings (SSSR count). The Morgan fingerprint density at radius 1 is 1.32 bits per heavy atom. The Morgan fingerprint density at radius 3 is 2.72 bits per heavy atom. The molecule has 1 aliphatic heterocycles. The van der Waals surface area contributed by atoms with Gasteiger partial charge in [-0.15, -0.1) is 0 Å².